The van der Waals surface area contributed by atoms with Gasteiger partial charge in [0, 0.05) is 0 Å². The number of esters is 1. The van der Waals surface area contributed by atoms with Crippen LogP contribution in [0.15, 0.2) is 12.2 Å². The Hall–Kier alpha value is -0.830. The van der Waals surface area contributed by atoms with Crippen LogP contribution in [0.3, 0.4) is 0 Å². The van der Waals surface area contributed by atoms with Gasteiger partial charge >= 0.3 is 5.97 Å². The lowest BCUT2D eigenvalue weighted by Gasteiger charge is -2.11. The highest BCUT2D eigenvalue weighted by molar-refractivity contribution is 5.75. The van der Waals surface area contributed by atoms with Crippen LogP contribution in [0.2, 0.25) is 0 Å². The number of allylic oxidation sites excluding steroid dienone is 2. The Bertz CT molecular complexity index is 405. The predicted molar refractivity (Wildman–Crippen MR) is 118 cm³/mol. The summed E-state index contributed by atoms with van der Waals surface area (Å²) >= 11 is 0. The molecule has 0 aromatic heterocycles. The second kappa shape index (κ2) is 17.1. The number of hydrogen-bond donors (Lipinski definition) is 1. The van der Waals surface area contributed by atoms with Crippen molar-refractivity contribution in [3.63, 3.8) is 0 Å². The molecule has 3 nitrogen and oxygen atoms in total. The molecule has 0 radical (unpaired) electrons. The molecule has 0 unspecified atom stereocenters. The highest BCUT2D eigenvalue weighted by Gasteiger charge is 2.40. The van der Waals surface area contributed by atoms with Crippen molar-refractivity contribution in [1.82, 2.24) is 0 Å². The number of ether oxygens (including phenoxy) is 1. The molecule has 1 rings (SSSR count). The van der Waals surface area contributed by atoms with Gasteiger partial charge in [-0.1, -0.05) is 96.1 Å². The number of unbranched alkanes of at least 4 members (excludes halogenated alkanes) is 14. The summed E-state index contributed by atoms with van der Waals surface area (Å²) in [5, 5.41) is 9.92. The number of aliphatic hydroxyl groups is 1. The first kappa shape index (κ1) is 25.2. The van der Waals surface area contributed by atoms with Gasteiger partial charge in [0.05, 0.1) is 5.92 Å². The second-order valence-electron chi connectivity index (χ2n) is 8.67. The number of carbonyl (C=O) groups excluding carboxylic acids is 1. The third kappa shape index (κ3) is 11.9. The Morgan fingerprint density at radius 1 is 0.786 bits per heavy atom. The first-order valence-electron chi connectivity index (χ1n) is 12.2. The highest BCUT2D eigenvalue weighted by atomic mass is 16.6. The monoisotopic (exact) mass is 394 g/mol. The molecule has 3 heteroatoms. The number of rotatable bonds is 18. The molecule has 0 amide bonds. The van der Waals surface area contributed by atoms with Crippen molar-refractivity contribution in [2.45, 2.75) is 135 Å². The van der Waals surface area contributed by atoms with Crippen LogP contribution >= 0.6 is 0 Å². The van der Waals surface area contributed by atoms with Gasteiger partial charge in [0.25, 0.3) is 0 Å². The predicted octanol–water partition coefficient (Wildman–Crippen LogP) is 7.12. The normalized spacial score (nSPS) is 22.2. The first-order chi connectivity index (χ1) is 13.7. The Kier molecular flexibility index (Phi) is 15.4. The molecule has 0 saturated carbocycles. The quantitative estimate of drug-likeness (QED) is 0.153. The molecule has 164 valence electrons. The average molecular weight is 395 g/mol. The van der Waals surface area contributed by atoms with Crippen molar-refractivity contribution in [2.24, 2.45) is 5.92 Å². The van der Waals surface area contributed by atoms with E-state index in [2.05, 4.69) is 19.1 Å². The van der Waals surface area contributed by atoms with E-state index in [-0.39, 0.29) is 18.0 Å². The maximum Gasteiger partial charge on any atom is 0.312 e. The number of cyclic esters (lactones) is 1. The third-order valence-corrected chi connectivity index (χ3v) is 6.02. The van der Waals surface area contributed by atoms with Crippen LogP contribution in [0.1, 0.15) is 123 Å². The minimum atomic E-state index is -0.604. The van der Waals surface area contributed by atoms with Crippen LogP contribution in [0, 0.1) is 5.92 Å². The third-order valence-electron chi connectivity index (χ3n) is 6.02. The zero-order chi connectivity index (χ0) is 20.5. The summed E-state index contributed by atoms with van der Waals surface area (Å²) < 4.78 is 5.08. The largest absolute Gasteiger partial charge is 0.460 e. The fraction of sp³-hybridized carbons (Fsp3) is 0.880. The van der Waals surface area contributed by atoms with Crippen molar-refractivity contribution >= 4 is 5.97 Å². The van der Waals surface area contributed by atoms with E-state index < -0.39 is 6.10 Å². The summed E-state index contributed by atoms with van der Waals surface area (Å²) in [6.45, 7) is 4.04. The number of hydrogen-bond acceptors (Lipinski definition) is 3. The van der Waals surface area contributed by atoms with Crippen LogP contribution in [-0.2, 0) is 9.53 Å². The van der Waals surface area contributed by atoms with Gasteiger partial charge in [-0.25, -0.2) is 0 Å². The zero-order valence-corrected chi connectivity index (χ0v) is 18.7. The molecule has 0 aliphatic carbocycles. The van der Waals surface area contributed by atoms with Gasteiger partial charge in [-0.15, -0.1) is 0 Å². The van der Waals surface area contributed by atoms with E-state index in [9.17, 15) is 9.90 Å². The van der Waals surface area contributed by atoms with Crippen LogP contribution in [-0.4, -0.2) is 23.3 Å². The topological polar surface area (TPSA) is 46.5 Å². The van der Waals surface area contributed by atoms with Gasteiger partial charge in [-0.3, -0.25) is 4.79 Å². The molecule has 0 bridgehead atoms. The molecule has 1 aliphatic heterocycles. The molecule has 0 aromatic carbocycles. The highest BCUT2D eigenvalue weighted by Crippen LogP contribution is 2.26. The lowest BCUT2D eigenvalue weighted by atomic mass is 9.95. The lowest BCUT2D eigenvalue weighted by molar-refractivity contribution is -0.143. The minimum Gasteiger partial charge on any atom is -0.460 e. The molecule has 0 spiro atoms. The Balaban J connectivity index is 1.78. The fourth-order valence-electron chi connectivity index (χ4n) is 4.06. The van der Waals surface area contributed by atoms with E-state index in [1.54, 1.807) is 6.92 Å². The molecule has 1 N–H and O–H groups in total. The van der Waals surface area contributed by atoms with E-state index in [0.29, 0.717) is 0 Å². The van der Waals surface area contributed by atoms with Crippen LogP contribution < -0.4 is 0 Å². The van der Waals surface area contributed by atoms with Gasteiger partial charge in [-0.2, -0.15) is 0 Å². The van der Waals surface area contributed by atoms with Crippen molar-refractivity contribution in [3.05, 3.63) is 12.2 Å². The summed E-state index contributed by atoms with van der Waals surface area (Å²) in [5.74, 6) is -0.495. The minimum absolute atomic E-state index is 0.207. The van der Waals surface area contributed by atoms with Crippen molar-refractivity contribution in [2.75, 3.05) is 0 Å². The lowest BCUT2D eigenvalue weighted by Crippen LogP contribution is -2.24. The molecular formula is C25H46O3. The number of aliphatic hydroxyl groups excluding tert-OH is 1. The molecule has 28 heavy (non-hydrogen) atoms. The molecule has 0 aromatic rings. The first-order valence-corrected chi connectivity index (χ1v) is 12.2. The van der Waals surface area contributed by atoms with Crippen molar-refractivity contribution < 1.29 is 14.6 Å². The standard InChI is InChI=1S/C25H46O3/c1-3-4-5-6-7-8-9-10-11-12-13-14-15-16-17-18-19-20-21-23-24(26)22(2)28-25(23)27/h10-11,22-24,26H,3-9,12-21H2,1-2H3/b11-10-/t22-,23-,24-/m0/s1. The second-order valence-corrected chi connectivity index (χ2v) is 8.67. The van der Waals surface area contributed by atoms with E-state index in [4.69, 9.17) is 4.74 Å². The maximum atomic E-state index is 11.6. The summed E-state index contributed by atoms with van der Waals surface area (Å²) in [7, 11) is 0. The SMILES string of the molecule is CCCCCCCC/C=C\CCCCCCCCCC[C@@H]1C(=O)O[C@@H](C)[C@@H]1O. The molecule has 1 heterocycles. The van der Waals surface area contributed by atoms with E-state index in [1.165, 1.54) is 89.9 Å². The maximum absolute atomic E-state index is 11.6. The summed E-state index contributed by atoms with van der Waals surface area (Å²) in [4.78, 5) is 11.6. The Labute approximate surface area is 174 Å². The van der Waals surface area contributed by atoms with Crippen LogP contribution in [0.5, 0.6) is 0 Å². The van der Waals surface area contributed by atoms with Crippen molar-refractivity contribution in [1.29, 1.82) is 0 Å². The summed E-state index contributed by atoms with van der Waals surface area (Å²) in [6, 6.07) is 0. The van der Waals surface area contributed by atoms with Gasteiger partial charge < -0.3 is 9.84 Å². The van der Waals surface area contributed by atoms with Gasteiger partial charge in [0.1, 0.15) is 12.2 Å². The van der Waals surface area contributed by atoms with Gasteiger partial charge in [0.15, 0.2) is 0 Å². The summed E-state index contributed by atoms with van der Waals surface area (Å²) in [5.41, 5.74) is 0. The molecule has 1 saturated heterocycles. The smallest absolute Gasteiger partial charge is 0.312 e. The van der Waals surface area contributed by atoms with Gasteiger partial charge in [-0.05, 0) is 39.0 Å². The molecule has 1 aliphatic rings. The molecule has 3 atom stereocenters. The number of carbonyl (C=O) groups is 1. The van der Waals surface area contributed by atoms with E-state index in [0.717, 1.165) is 19.3 Å². The average Bonchev–Trinajstić information content (AvgIpc) is 2.92. The fourth-order valence-corrected chi connectivity index (χ4v) is 4.06. The zero-order valence-electron chi connectivity index (χ0n) is 18.7. The van der Waals surface area contributed by atoms with E-state index in [1.807, 2.05) is 0 Å². The Morgan fingerprint density at radius 2 is 1.25 bits per heavy atom. The van der Waals surface area contributed by atoms with E-state index >= 15 is 0 Å². The molecule has 1 fully saturated rings. The van der Waals surface area contributed by atoms with Crippen molar-refractivity contribution in [3.8, 4) is 0 Å². The Morgan fingerprint density at radius 3 is 1.71 bits per heavy atom. The summed E-state index contributed by atoms with van der Waals surface area (Å²) in [6.07, 6.45) is 25.5. The van der Waals surface area contributed by atoms with Crippen LogP contribution in [0.25, 0.3) is 0 Å². The van der Waals surface area contributed by atoms with Crippen LogP contribution in [0.4, 0.5) is 0 Å². The van der Waals surface area contributed by atoms with Gasteiger partial charge in [0.2, 0.25) is 0 Å². The molecular weight excluding hydrogens is 348 g/mol.